The van der Waals surface area contributed by atoms with Gasteiger partial charge in [-0.3, -0.25) is 0 Å². The van der Waals surface area contributed by atoms with Gasteiger partial charge in [-0.2, -0.15) is 21.6 Å². The molecule has 0 aliphatic carbocycles. The molecule has 1 rings (SSSR count). The molecule has 0 saturated carbocycles. The van der Waals surface area contributed by atoms with Crippen molar-refractivity contribution in [3.05, 3.63) is 18.2 Å². The maximum Gasteiger partial charge on any atom is 0.517 e. The number of alkyl halides is 3. The van der Waals surface area contributed by atoms with Crippen molar-refractivity contribution in [1.29, 1.82) is 0 Å². The highest BCUT2D eigenvalue weighted by Gasteiger charge is 2.47. The van der Waals surface area contributed by atoms with E-state index in [4.69, 9.17) is 0 Å². The summed E-state index contributed by atoms with van der Waals surface area (Å²) in [7, 11) is -5.30. The van der Waals surface area contributed by atoms with Crippen LogP contribution in [-0.2, 0) is 10.0 Å². The molecule has 0 aliphatic heterocycles. The van der Waals surface area contributed by atoms with Crippen LogP contribution in [0.15, 0.2) is 12.5 Å². The summed E-state index contributed by atoms with van der Waals surface area (Å²) < 4.78 is 57.0. The standard InChI is InChI=1S/C5H5F3N2O2S/c1-4-2-10(3-9-4)13(11,12)5(6,7)8/h2-3H,1H3. The van der Waals surface area contributed by atoms with Gasteiger partial charge in [-0.05, 0) is 6.92 Å². The average molecular weight is 214 g/mol. The molecule has 0 atom stereocenters. The van der Waals surface area contributed by atoms with E-state index >= 15 is 0 Å². The van der Waals surface area contributed by atoms with E-state index in [1.54, 1.807) is 0 Å². The lowest BCUT2D eigenvalue weighted by atomic mass is 10.6. The Labute approximate surface area is 72.1 Å². The molecule has 0 aromatic carbocycles. The van der Waals surface area contributed by atoms with E-state index in [-0.39, 0.29) is 9.67 Å². The van der Waals surface area contributed by atoms with E-state index in [0.29, 0.717) is 6.33 Å². The summed E-state index contributed by atoms with van der Waals surface area (Å²) in [5.74, 6) is 0. The van der Waals surface area contributed by atoms with Crippen molar-refractivity contribution >= 4 is 10.0 Å². The van der Waals surface area contributed by atoms with Crippen molar-refractivity contribution in [2.45, 2.75) is 12.4 Å². The van der Waals surface area contributed by atoms with Crippen molar-refractivity contribution in [2.24, 2.45) is 0 Å². The van der Waals surface area contributed by atoms with Crippen LogP contribution < -0.4 is 0 Å². The summed E-state index contributed by atoms with van der Waals surface area (Å²) in [6.45, 7) is 1.39. The number of halogens is 3. The Balaban J connectivity index is 3.24. The molecule has 0 bridgehead atoms. The van der Waals surface area contributed by atoms with Gasteiger partial charge in [0.25, 0.3) is 0 Å². The number of nitrogens with zero attached hydrogens (tertiary/aromatic N) is 2. The van der Waals surface area contributed by atoms with Crippen LogP contribution in [0.3, 0.4) is 0 Å². The van der Waals surface area contributed by atoms with Gasteiger partial charge in [0.1, 0.15) is 6.33 Å². The molecule has 0 N–H and O–H groups in total. The van der Waals surface area contributed by atoms with Gasteiger partial charge < -0.3 is 0 Å². The predicted octanol–water partition coefficient (Wildman–Crippen LogP) is 0.889. The van der Waals surface area contributed by atoms with Crippen molar-refractivity contribution in [1.82, 2.24) is 8.96 Å². The number of aromatic nitrogens is 2. The van der Waals surface area contributed by atoms with Crippen LogP contribution >= 0.6 is 0 Å². The molecule has 1 aromatic heterocycles. The third-order valence-electron chi connectivity index (χ3n) is 1.26. The number of hydrogen-bond acceptors (Lipinski definition) is 3. The number of imidazole rings is 1. The third kappa shape index (κ3) is 1.67. The molecule has 0 unspecified atom stereocenters. The van der Waals surface area contributed by atoms with E-state index in [2.05, 4.69) is 4.98 Å². The van der Waals surface area contributed by atoms with Crippen molar-refractivity contribution < 1.29 is 21.6 Å². The van der Waals surface area contributed by atoms with E-state index in [9.17, 15) is 21.6 Å². The second-order valence-corrected chi connectivity index (χ2v) is 4.13. The molecule has 0 saturated heterocycles. The molecule has 0 amide bonds. The first-order chi connectivity index (χ1) is 5.75. The highest BCUT2D eigenvalue weighted by molar-refractivity contribution is 7.90. The summed E-state index contributed by atoms with van der Waals surface area (Å²) in [4.78, 5) is 3.38. The number of rotatable bonds is 1. The van der Waals surface area contributed by atoms with Gasteiger partial charge >= 0.3 is 15.5 Å². The zero-order valence-corrected chi connectivity index (χ0v) is 7.22. The van der Waals surface area contributed by atoms with Gasteiger partial charge in [-0.15, -0.1) is 0 Å². The van der Waals surface area contributed by atoms with Crippen LogP contribution in [0.2, 0.25) is 0 Å². The lowest BCUT2D eigenvalue weighted by Crippen LogP contribution is -2.28. The molecule has 1 aromatic rings. The maximum atomic E-state index is 11.9. The van der Waals surface area contributed by atoms with Gasteiger partial charge in [0.15, 0.2) is 0 Å². The number of hydrogen-bond donors (Lipinski definition) is 0. The third-order valence-corrected chi connectivity index (χ3v) is 2.60. The Morgan fingerprint density at radius 2 is 2.00 bits per heavy atom. The first-order valence-electron chi connectivity index (χ1n) is 3.07. The summed E-state index contributed by atoms with van der Waals surface area (Å²) >= 11 is 0. The minimum absolute atomic E-state index is 0.0440. The summed E-state index contributed by atoms with van der Waals surface area (Å²) in [6, 6.07) is 0. The molecule has 4 nitrogen and oxygen atoms in total. The normalized spacial score (nSPS) is 13.2. The van der Waals surface area contributed by atoms with E-state index < -0.39 is 15.5 Å². The molecule has 74 valence electrons. The fourth-order valence-electron chi connectivity index (χ4n) is 0.650. The molecule has 13 heavy (non-hydrogen) atoms. The van der Waals surface area contributed by atoms with Gasteiger partial charge in [-0.25, -0.2) is 8.96 Å². The molecule has 1 heterocycles. The Bertz CT molecular complexity index is 406. The van der Waals surface area contributed by atoms with Crippen molar-refractivity contribution in [3.8, 4) is 0 Å². The molecule has 0 radical (unpaired) electrons. The Hall–Kier alpha value is -1.05. The Kier molecular flexibility index (Phi) is 2.10. The van der Waals surface area contributed by atoms with E-state index in [0.717, 1.165) is 6.20 Å². The fraction of sp³-hybridized carbons (Fsp3) is 0.400. The first-order valence-corrected chi connectivity index (χ1v) is 4.51. The lowest BCUT2D eigenvalue weighted by Gasteiger charge is -2.07. The minimum atomic E-state index is -5.30. The highest BCUT2D eigenvalue weighted by atomic mass is 32.2. The van der Waals surface area contributed by atoms with E-state index in [1.807, 2.05) is 0 Å². The summed E-state index contributed by atoms with van der Waals surface area (Å²) in [5, 5.41) is 0. The van der Waals surface area contributed by atoms with Crippen LogP contribution in [0, 0.1) is 6.92 Å². The summed E-state index contributed by atoms with van der Waals surface area (Å²) in [5.41, 5.74) is -5.09. The zero-order chi connectivity index (χ0) is 10.3. The second kappa shape index (κ2) is 2.72. The SMILES string of the molecule is Cc1cn(S(=O)(=O)C(F)(F)F)cn1. The van der Waals surface area contributed by atoms with Crippen LogP contribution in [0.4, 0.5) is 13.2 Å². The van der Waals surface area contributed by atoms with Crippen LogP contribution in [-0.4, -0.2) is 22.9 Å². The van der Waals surface area contributed by atoms with Gasteiger partial charge in [0.05, 0.1) is 5.69 Å². The van der Waals surface area contributed by atoms with Gasteiger partial charge in [0.2, 0.25) is 0 Å². The molecule has 0 spiro atoms. The topological polar surface area (TPSA) is 52.0 Å². The van der Waals surface area contributed by atoms with Crippen molar-refractivity contribution in [2.75, 3.05) is 0 Å². The maximum absolute atomic E-state index is 11.9. The Morgan fingerprint density at radius 1 is 1.46 bits per heavy atom. The Morgan fingerprint density at radius 3 is 2.31 bits per heavy atom. The second-order valence-electron chi connectivity index (χ2n) is 2.30. The minimum Gasteiger partial charge on any atom is -0.241 e. The average Bonchev–Trinajstić information content (AvgIpc) is 2.33. The largest absolute Gasteiger partial charge is 0.517 e. The van der Waals surface area contributed by atoms with Crippen LogP contribution in [0.1, 0.15) is 5.69 Å². The van der Waals surface area contributed by atoms with Crippen LogP contribution in [0.5, 0.6) is 0 Å². The fourth-order valence-corrected chi connectivity index (χ4v) is 1.35. The zero-order valence-electron chi connectivity index (χ0n) is 6.41. The van der Waals surface area contributed by atoms with Crippen molar-refractivity contribution in [3.63, 3.8) is 0 Å². The lowest BCUT2D eigenvalue weighted by molar-refractivity contribution is -0.0446. The monoisotopic (exact) mass is 214 g/mol. The summed E-state index contributed by atoms with van der Waals surface area (Å²) in [6.07, 6.45) is 1.40. The van der Waals surface area contributed by atoms with E-state index in [1.165, 1.54) is 6.92 Å². The molecular formula is C5H5F3N2O2S. The molecule has 0 fully saturated rings. The highest BCUT2D eigenvalue weighted by Crippen LogP contribution is 2.24. The van der Waals surface area contributed by atoms with Gasteiger partial charge in [0, 0.05) is 6.20 Å². The first kappa shape index (κ1) is 10.0. The van der Waals surface area contributed by atoms with Gasteiger partial charge in [-0.1, -0.05) is 0 Å². The predicted molar refractivity (Wildman–Crippen MR) is 37.3 cm³/mol. The molecular weight excluding hydrogens is 209 g/mol. The molecule has 8 heteroatoms. The van der Waals surface area contributed by atoms with Crippen LogP contribution in [0.25, 0.3) is 0 Å². The number of aryl methyl sites for hydroxylation is 1. The quantitative estimate of drug-likeness (QED) is 0.697. The smallest absolute Gasteiger partial charge is 0.241 e. The molecule has 0 aliphatic rings.